The average molecular weight is 298 g/mol. The predicted molar refractivity (Wildman–Crippen MR) is 84.1 cm³/mol. The van der Waals surface area contributed by atoms with E-state index in [2.05, 4.69) is 0 Å². The van der Waals surface area contributed by atoms with Crippen LogP contribution in [0.1, 0.15) is 25.8 Å². The largest absolute Gasteiger partial charge is 0.478 e. The van der Waals surface area contributed by atoms with Crippen LogP contribution in [-0.2, 0) is 14.3 Å². The molecule has 0 aliphatic heterocycles. The third kappa shape index (κ3) is 3.52. The third-order valence-corrected chi connectivity index (χ3v) is 3.50. The molecule has 114 valence electrons. The van der Waals surface area contributed by atoms with Crippen molar-refractivity contribution in [2.45, 2.75) is 25.9 Å². The lowest BCUT2D eigenvalue weighted by atomic mass is 9.86. The number of carboxylic acids is 1. The van der Waals surface area contributed by atoms with Gasteiger partial charge in [-0.3, -0.25) is 4.79 Å². The van der Waals surface area contributed by atoms with E-state index in [1.54, 1.807) is 6.08 Å². The van der Waals surface area contributed by atoms with Crippen LogP contribution in [0.4, 0.5) is 0 Å². The van der Waals surface area contributed by atoms with E-state index in [4.69, 9.17) is 4.74 Å². The second-order valence-corrected chi connectivity index (χ2v) is 5.28. The standard InChI is InChI=1S/C18H18O4/c1-13-12-18(17(20)21,22-14(2)19)11-10-16(13)9-8-15-6-4-3-5-7-15/h3-11H,12H2,1-2H3,(H,20,21). The molecule has 1 aliphatic carbocycles. The molecule has 0 saturated heterocycles. The molecule has 1 aromatic rings. The normalized spacial score (nSPS) is 21.2. The Balaban J connectivity index is 2.22. The van der Waals surface area contributed by atoms with Gasteiger partial charge in [-0.25, -0.2) is 4.79 Å². The second-order valence-electron chi connectivity index (χ2n) is 5.28. The number of allylic oxidation sites excluding steroid dienone is 3. The van der Waals surface area contributed by atoms with Gasteiger partial charge in [-0.15, -0.1) is 0 Å². The minimum absolute atomic E-state index is 0.146. The maximum absolute atomic E-state index is 11.5. The molecule has 4 nitrogen and oxygen atoms in total. The molecule has 1 aromatic carbocycles. The first-order valence-electron chi connectivity index (χ1n) is 6.98. The van der Waals surface area contributed by atoms with Crippen molar-refractivity contribution >= 4 is 18.0 Å². The number of aliphatic carboxylic acids is 1. The molecule has 1 unspecified atom stereocenters. The minimum Gasteiger partial charge on any atom is -0.478 e. The highest BCUT2D eigenvalue weighted by Gasteiger charge is 2.41. The summed E-state index contributed by atoms with van der Waals surface area (Å²) in [6.45, 7) is 3.05. The van der Waals surface area contributed by atoms with Crippen molar-refractivity contribution in [1.82, 2.24) is 0 Å². The first-order valence-corrected chi connectivity index (χ1v) is 6.98. The van der Waals surface area contributed by atoms with Gasteiger partial charge in [0.05, 0.1) is 0 Å². The highest BCUT2D eigenvalue weighted by Crippen LogP contribution is 2.31. The van der Waals surface area contributed by atoms with E-state index >= 15 is 0 Å². The predicted octanol–water partition coefficient (Wildman–Crippen LogP) is 3.36. The SMILES string of the molecule is CC(=O)OC1(C(=O)O)C=CC(C=Cc2ccccc2)=C(C)C1. The van der Waals surface area contributed by atoms with Gasteiger partial charge in [0.2, 0.25) is 5.60 Å². The fraction of sp³-hybridized carbons (Fsp3) is 0.222. The Labute approximate surface area is 129 Å². The number of rotatable bonds is 4. The molecule has 0 radical (unpaired) electrons. The van der Waals surface area contributed by atoms with Crippen LogP contribution in [0.2, 0.25) is 0 Å². The fourth-order valence-corrected chi connectivity index (χ4v) is 2.39. The van der Waals surface area contributed by atoms with E-state index in [1.807, 2.05) is 49.4 Å². The van der Waals surface area contributed by atoms with Gasteiger partial charge >= 0.3 is 11.9 Å². The number of hydrogen-bond donors (Lipinski definition) is 1. The summed E-state index contributed by atoms with van der Waals surface area (Å²) in [5.74, 6) is -1.77. The Bertz CT molecular complexity index is 668. The molecule has 0 heterocycles. The number of esters is 1. The van der Waals surface area contributed by atoms with Crippen molar-refractivity contribution < 1.29 is 19.4 Å². The molecule has 1 N–H and O–H groups in total. The lowest BCUT2D eigenvalue weighted by Crippen LogP contribution is -2.42. The summed E-state index contributed by atoms with van der Waals surface area (Å²) in [6, 6.07) is 9.82. The number of ether oxygens (including phenoxy) is 1. The van der Waals surface area contributed by atoms with Crippen LogP contribution in [-0.4, -0.2) is 22.6 Å². The molecule has 22 heavy (non-hydrogen) atoms. The zero-order valence-corrected chi connectivity index (χ0v) is 12.6. The van der Waals surface area contributed by atoms with E-state index in [0.717, 1.165) is 16.7 Å². The third-order valence-electron chi connectivity index (χ3n) is 3.50. The van der Waals surface area contributed by atoms with E-state index in [-0.39, 0.29) is 6.42 Å². The van der Waals surface area contributed by atoms with Crippen molar-refractivity contribution in [2.75, 3.05) is 0 Å². The molecule has 0 amide bonds. The summed E-state index contributed by atoms with van der Waals surface area (Å²) in [5, 5.41) is 9.38. The Morgan fingerprint density at radius 3 is 2.45 bits per heavy atom. The van der Waals surface area contributed by atoms with Gasteiger partial charge in [-0.05, 0) is 24.1 Å². The average Bonchev–Trinajstić information content (AvgIpc) is 2.46. The summed E-state index contributed by atoms with van der Waals surface area (Å²) >= 11 is 0. The summed E-state index contributed by atoms with van der Waals surface area (Å²) < 4.78 is 5.04. The molecule has 0 saturated carbocycles. The summed E-state index contributed by atoms with van der Waals surface area (Å²) in [5.41, 5.74) is 1.25. The van der Waals surface area contributed by atoms with Crippen LogP contribution in [0.15, 0.2) is 59.7 Å². The highest BCUT2D eigenvalue weighted by atomic mass is 16.6. The van der Waals surface area contributed by atoms with Crippen LogP contribution >= 0.6 is 0 Å². The number of carbonyl (C=O) groups is 2. The Kier molecular flexibility index (Phi) is 4.61. The Hall–Kier alpha value is -2.62. The first kappa shape index (κ1) is 15.8. The van der Waals surface area contributed by atoms with Crippen LogP contribution in [0.5, 0.6) is 0 Å². The molecule has 0 fully saturated rings. The van der Waals surface area contributed by atoms with E-state index in [9.17, 15) is 14.7 Å². The van der Waals surface area contributed by atoms with E-state index in [1.165, 1.54) is 13.0 Å². The quantitative estimate of drug-likeness (QED) is 0.866. The fourth-order valence-electron chi connectivity index (χ4n) is 2.39. The molecule has 0 bridgehead atoms. The molecule has 0 aromatic heterocycles. The number of carbonyl (C=O) groups excluding carboxylic acids is 1. The van der Waals surface area contributed by atoms with Crippen molar-refractivity contribution in [3.63, 3.8) is 0 Å². The van der Waals surface area contributed by atoms with Gasteiger partial charge in [0.25, 0.3) is 0 Å². The molecular formula is C18H18O4. The number of hydrogen-bond acceptors (Lipinski definition) is 3. The van der Waals surface area contributed by atoms with Crippen LogP contribution in [0, 0.1) is 0 Å². The van der Waals surface area contributed by atoms with Gasteiger partial charge in [0.1, 0.15) is 0 Å². The maximum Gasteiger partial charge on any atom is 0.352 e. The molecule has 4 heteroatoms. The molecule has 1 atom stereocenters. The Morgan fingerprint density at radius 2 is 1.91 bits per heavy atom. The zero-order valence-electron chi connectivity index (χ0n) is 12.6. The number of carboxylic acid groups (broad SMARTS) is 1. The van der Waals surface area contributed by atoms with Gasteiger partial charge in [-0.2, -0.15) is 0 Å². The summed E-state index contributed by atoms with van der Waals surface area (Å²) in [7, 11) is 0. The van der Waals surface area contributed by atoms with Crippen molar-refractivity contribution in [1.29, 1.82) is 0 Å². The van der Waals surface area contributed by atoms with Crippen molar-refractivity contribution in [3.8, 4) is 0 Å². The second kappa shape index (κ2) is 6.43. The van der Waals surface area contributed by atoms with Crippen molar-refractivity contribution in [2.24, 2.45) is 0 Å². The first-order chi connectivity index (χ1) is 10.4. The highest BCUT2D eigenvalue weighted by molar-refractivity contribution is 5.85. The van der Waals surface area contributed by atoms with E-state index < -0.39 is 17.5 Å². The van der Waals surface area contributed by atoms with Gasteiger partial charge in [-0.1, -0.05) is 54.1 Å². The van der Waals surface area contributed by atoms with Crippen LogP contribution in [0.25, 0.3) is 6.08 Å². The van der Waals surface area contributed by atoms with Gasteiger partial charge in [0.15, 0.2) is 0 Å². The molecule has 0 spiro atoms. The maximum atomic E-state index is 11.5. The monoisotopic (exact) mass is 298 g/mol. The molecular weight excluding hydrogens is 280 g/mol. The zero-order chi connectivity index (χ0) is 16.2. The summed E-state index contributed by atoms with van der Waals surface area (Å²) in [6.07, 6.45) is 7.17. The van der Waals surface area contributed by atoms with E-state index in [0.29, 0.717) is 0 Å². The summed E-state index contributed by atoms with van der Waals surface area (Å²) in [4.78, 5) is 22.6. The lowest BCUT2D eigenvalue weighted by Gasteiger charge is -2.29. The number of benzene rings is 1. The lowest BCUT2D eigenvalue weighted by molar-refractivity contribution is -0.171. The Morgan fingerprint density at radius 1 is 1.23 bits per heavy atom. The van der Waals surface area contributed by atoms with Crippen molar-refractivity contribution in [3.05, 3.63) is 65.3 Å². The molecule has 2 rings (SSSR count). The van der Waals surface area contributed by atoms with Gasteiger partial charge in [0, 0.05) is 13.3 Å². The van der Waals surface area contributed by atoms with Gasteiger partial charge < -0.3 is 9.84 Å². The van der Waals surface area contributed by atoms with Crippen LogP contribution < -0.4 is 0 Å². The topological polar surface area (TPSA) is 63.6 Å². The molecule has 1 aliphatic rings. The smallest absolute Gasteiger partial charge is 0.352 e. The van der Waals surface area contributed by atoms with Crippen LogP contribution in [0.3, 0.4) is 0 Å². The minimum atomic E-state index is -1.60.